The molecule has 0 radical (unpaired) electrons. The number of hydrogen-bond acceptors (Lipinski definition) is 1. The second-order valence-electron chi connectivity index (χ2n) is 3.85. The molecule has 1 heterocycles. The van der Waals surface area contributed by atoms with E-state index >= 15 is 0 Å². The van der Waals surface area contributed by atoms with Crippen molar-refractivity contribution in [3.05, 3.63) is 41.5 Å². The van der Waals surface area contributed by atoms with E-state index < -0.39 is 0 Å². The molecule has 1 aromatic rings. The molecular weight excluding hydrogens is 186 g/mol. The lowest BCUT2D eigenvalue weighted by Gasteiger charge is -2.13. The first-order valence-electron chi connectivity index (χ1n) is 5.31. The van der Waals surface area contributed by atoms with Crippen molar-refractivity contribution in [2.24, 2.45) is 0 Å². The molecule has 0 bridgehead atoms. The predicted molar refractivity (Wildman–Crippen MR) is 61.6 cm³/mol. The van der Waals surface area contributed by atoms with Crippen LogP contribution < -0.4 is 0 Å². The fourth-order valence-electron chi connectivity index (χ4n) is 1.96. The fraction of sp³-hybridized carbons (Fsp3) is 0.308. The molecule has 0 unspecified atom stereocenters. The van der Waals surface area contributed by atoms with Gasteiger partial charge in [-0.15, -0.1) is 0 Å². The Morgan fingerprint density at radius 2 is 2.33 bits per heavy atom. The van der Waals surface area contributed by atoms with Crippen molar-refractivity contribution < 1.29 is 4.79 Å². The van der Waals surface area contributed by atoms with Crippen LogP contribution in [0.15, 0.2) is 24.8 Å². The quantitative estimate of drug-likeness (QED) is 0.736. The van der Waals surface area contributed by atoms with E-state index in [-0.39, 0.29) is 5.91 Å². The van der Waals surface area contributed by atoms with Crippen molar-refractivity contribution >= 4 is 12.0 Å². The van der Waals surface area contributed by atoms with Crippen molar-refractivity contribution in [2.75, 3.05) is 6.54 Å². The second-order valence-corrected chi connectivity index (χ2v) is 3.85. The van der Waals surface area contributed by atoms with Crippen molar-refractivity contribution in [2.45, 2.75) is 19.9 Å². The average Bonchev–Trinajstić information content (AvgIpc) is 2.56. The first-order chi connectivity index (χ1) is 7.26. The third-order valence-corrected chi connectivity index (χ3v) is 2.74. The largest absolute Gasteiger partial charge is 0.334 e. The van der Waals surface area contributed by atoms with Gasteiger partial charge >= 0.3 is 0 Å². The maximum Gasteiger partial charge on any atom is 0.254 e. The standard InChI is InChI=1S/C13H15NO/c1-3-7-14-9-11-6-5-10(4-2)8-12(11)13(14)15/h4-6,8H,2-3,7,9H2,1H3. The molecule has 0 N–H and O–H groups in total. The number of benzene rings is 1. The lowest BCUT2D eigenvalue weighted by atomic mass is 10.1. The van der Waals surface area contributed by atoms with Crippen LogP contribution in [0.5, 0.6) is 0 Å². The number of hydrogen-bond donors (Lipinski definition) is 0. The molecule has 1 aromatic carbocycles. The summed E-state index contributed by atoms with van der Waals surface area (Å²) in [4.78, 5) is 13.8. The number of amides is 1. The van der Waals surface area contributed by atoms with Crippen molar-refractivity contribution in [3.63, 3.8) is 0 Å². The van der Waals surface area contributed by atoms with Crippen molar-refractivity contribution in [3.8, 4) is 0 Å². The van der Waals surface area contributed by atoms with Gasteiger partial charge in [-0.2, -0.15) is 0 Å². The molecule has 0 aliphatic carbocycles. The number of fused-ring (bicyclic) bond motifs is 1. The van der Waals surface area contributed by atoms with Gasteiger partial charge in [-0.3, -0.25) is 4.79 Å². The molecule has 0 saturated carbocycles. The van der Waals surface area contributed by atoms with Gasteiger partial charge in [0.15, 0.2) is 0 Å². The van der Waals surface area contributed by atoms with E-state index in [1.54, 1.807) is 6.08 Å². The zero-order valence-electron chi connectivity index (χ0n) is 8.99. The molecule has 1 aliphatic rings. The molecule has 78 valence electrons. The molecule has 1 aliphatic heterocycles. The van der Waals surface area contributed by atoms with Crippen LogP contribution in [0.1, 0.15) is 34.8 Å². The van der Waals surface area contributed by atoms with Gasteiger partial charge in [0.1, 0.15) is 0 Å². The van der Waals surface area contributed by atoms with E-state index in [9.17, 15) is 4.79 Å². The minimum Gasteiger partial charge on any atom is -0.334 e. The fourth-order valence-corrected chi connectivity index (χ4v) is 1.96. The molecule has 2 nitrogen and oxygen atoms in total. The highest BCUT2D eigenvalue weighted by atomic mass is 16.2. The van der Waals surface area contributed by atoms with Gasteiger partial charge in [0.25, 0.3) is 5.91 Å². The Morgan fingerprint density at radius 3 is 3.00 bits per heavy atom. The van der Waals surface area contributed by atoms with Crippen LogP contribution in [0.2, 0.25) is 0 Å². The van der Waals surface area contributed by atoms with E-state index in [4.69, 9.17) is 0 Å². The van der Waals surface area contributed by atoms with Crippen LogP contribution in [-0.2, 0) is 6.54 Å². The summed E-state index contributed by atoms with van der Waals surface area (Å²) in [5.41, 5.74) is 3.00. The Balaban J connectivity index is 2.33. The first-order valence-corrected chi connectivity index (χ1v) is 5.31. The van der Waals surface area contributed by atoms with Gasteiger partial charge < -0.3 is 4.90 Å². The number of nitrogens with zero attached hydrogens (tertiary/aromatic N) is 1. The van der Waals surface area contributed by atoms with Gasteiger partial charge in [-0.25, -0.2) is 0 Å². The molecule has 2 heteroatoms. The summed E-state index contributed by atoms with van der Waals surface area (Å²) in [6, 6.07) is 5.97. The van der Waals surface area contributed by atoms with Gasteiger partial charge in [0, 0.05) is 18.7 Å². The van der Waals surface area contributed by atoms with E-state index in [1.165, 1.54) is 0 Å². The molecule has 0 aromatic heterocycles. The highest BCUT2D eigenvalue weighted by Crippen LogP contribution is 2.24. The highest BCUT2D eigenvalue weighted by molar-refractivity contribution is 5.98. The van der Waals surface area contributed by atoms with Gasteiger partial charge in [-0.1, -0.05) is 31.7 Å². The van der Waals surface area contributed by atoms with Crippen LogP contribution in [0.25, 0.3) is 6.08 Å². The molecule has 15 heavy (non-hydrogen) atoms. The Bertz CT molecular complexity index is 409. The molecule has 1 amide bonds. The third-order valence-electron chi connectivity index (χ3n) is 2.74. The normalized spacial score (nSPS) is 14.2. The molecule has 0 fully saturated rings. The lowest BCUT2D eigenvalue weighted by molar-refractivity contribution is 0.0778. The van der Waals surface area contributed by atoms with E-state index in [2.05, 4.69) is 13.5 Å². The zero-order valence-corrected chi connectivity index (χ0v) is 8.99. The smallest absolute Gasteiger partial charge is 0.254 e. The highest BCUT2D eigenvalue weighted by Gasteiger charge is 2.26. The third kappa shape index (κ3) is 1.67. The predicted octanol–water partition coefficient (Wildman–Crippen LogP) is 2.70. The van der Waals surface area contributed by atoms with Crippen molar-refractivity contribution in [1.29, 1.82) is 0 Å². The topological polar surface area (TPSA) is 20.3 Å². The Morgan fingerprint density at radius 1 is 1.53 bits per heavy atom. The summed E-state index contributed by atoms with van der Waals surface area (Å²) in [6.07, 6.45) is 2.78. The monoisotopic (exact) mass is 201 g/mol. The van der Waals surface area contributed by atoms with E-state index in [0.29, 0.717) is 0 Å². The SMILES string of the molecule is C=Cc1ccc2c(c1)C(=O)N(CCC)C2. The van der Waals surface area contributed by atoms with Gasteiger partial charge in [0.05, 0.1) is 0 Å². The van der Waals surface area contributed by atoms with Crippen LogP contribution in [0, 0.1) is 0 Å². The molecule has 0 spiro atoms. The summed E-state index contributed by atoms with van der Waals surface area (Å²) in [7, 11) is 0. The summed E-state index contributed by atoms with van der Waals surface area (Å²) < 4.78 is 0. The minimum absolute atomic E-state index is 0.163. The summed E-state index contributed by atoms with van der Waals surface area (Å²) >= 11 is 0. The van der Waals surface area contributed by atoms with Crippen molar-refractivity contribution in [1.82, 2.24) is 4.90 Å². The molecule has 2 rings (SSSR count). The zero-order chi connectivity index (χ0) is 10.8. The van der Waals surface area contributed by atoms with Crippen LogP contribution >= 0.6 is 0 Å². The summed E-state index contributed by atoms with van der Waals surface area (Å²) in [5.74, 6) is 0.163. The van der Waals surface area contributed by atoms with Crippen LogP contribution in [-0.4, -0.2) is 17.4 Å². The Labute approximate surface area is 90.2 Å². The average molecular weight is 201 g/mol. The van der Waals surface area contributed by atoms with E-state index in [0.717, 1.165) is 36.2 Å². The first kappa shape index (κ1) is 9.97. The number of carbonyl (C=O) groups excluding carboxylic acids is 1. The molecule has 0 saturated heterocycles. The summed E-state index contributed by atoms with van der Waals surface area (Å²) in [5, 5.41) is 0. The molecular formula is C13H15NO. The Kier molecular flexibility index (Phi) is 2.58. The van der Waals surface area contributed by atoms with Crippen LogP contribution in [0.3, 0.4) is 0 Å². The lowest BCUT2D eigenvalue weighted by Crippen LogP contribution is -2.24. The number of carbonyl (C=O) groups is 1. The summed E-state index contributed by atoms with van der Waals surface area (Å²) in [6.45, 7) is 7.41. The van der Waals surface area contributed by atoms with E-state index in [1.807, 2.05) is 23.1 Å². The minimum atomic E-state index is 0.163. The van der Waals surface area contributed by atoms with Crippen LogP contribution in [0.4, 0.5) is 0 Å². The Hall–Kier alpha value is -1.57. The van der Waals surface area contributed by atoms with Gasteiger partial charge in [0.2, 0.25) is 0 Å². The second kappa shape index (κ2) is 3.89. The maximum atomic E-state index is 11.9. The molecule has 0 atom stereocenters. The maximum absolute atomic E-state index is 11.9. The number of rotatable bonds is 3. The van der Waals surface area contributed by atoms with Gasteiger partial charge in [-0.05, 0) is 23.6 Å².